The number of hydrogen-bond acceptors (Lipinski definition) is 3. The second-order valence-corrected chi connectivity index (χ2v) is 4.78. The maximum atomic E-state index is 5.74. The average molecular weight is 261 g/mol. The molecule has 3 nitrogen and oxygen atoms in total. The van der Waals surface area contributed by atoms with Gasteiger partial charge in [-0.05, 0) is 19.4 Å². The zero-order valence-corrected chi connectivity index (χ0v) is 11.9. The van der Waals surface area contributed by atoms with E-state index in [4.69, 9.17) is 9.15 Å². The van der Waals surface area contributed by atoms with Crippen molar-refractivity contribution in [2.45, 2.75) is 33.2 Å². The Morgan fingerprint density at radius 1 is 1.21 bits per heavy atom. The Labute approximate surface area is 114 Å². The van der Waals surface area contributed by atoms with Crippen LogP contribution >= 0.6 is 0 Å². The van der Waals surface area contributed by atoms with Crippen molar-refractivity contribution in [3.05, 3.63) is 35.6 Å². The molecule has 0 unspecified atom stereocenters. The molecule has 0 aliphatic rings. The first kappa shape index (κ1) is 14.1. The summed E-state index contributed by atoms with van der Waals surface area (Å²) < 4.78 is 11.3. The van der Waals surface area contributed by atoms with E-state index in [1.807, 2.05) is 19.1 Å². The highest BCUT2D eigenvalue weighted by molar-refractivity contribution is 5.82. The molecule has 2 rings (SSSR count). The van der Waals surface area contributed by atoms with E-state index in [2.05, 4.69) is 24.4 Å². The Kier molecular flexibility index (Phi) is 5.43. The van der Waals surface area contributed by atoms with Crippen LogP contribution in [-0.2, 0) is 11.3 Å². The summed E-state index contributed by atoms with van der Waals surface area (Å²) in [4.78, 5) is 0. The highest BCUT2D eigenvalue weighted by Gasteiger charge is 2.09. The van der Waals surface area contributed by atoms with Crippen LogP contribution < -0.4 is 5.32 Å². The SMILES string of the molecule is CCCCOCCNCc1c(C)oc2ccccc12. The van der Waals surface area contributed by atoms with E-state index >= 15 is 0 Å². The van der Waals surface area contributed by atoms with Crippen LogP contribution in [0, 0.1) is 6.92 Å². The Balaban J connectivity index is 1.80. The van der Waals surface area contributed by atoms with Crippen molar-refractivity contribution >= 4 is 11.0 Å². The summed E-state index contributed by atoms with van der Waals surface area (Å²) in [6.07, 6.45) is 2.33. The van der Waals surface area contributed by atoms with Crippen molar-refractivity contribution in [3.8, 4) is 0 Å². The molecule has 0 radical (unpaired) electrons. The quantitative estimate of drug-likeness (QED) is 0.737. The monoisotopic (exact) mass is 261 g/mol. The summed E-state index contributed by atoms with van der Waals surface area (Å²) in [6.45, 7) is 7.55. The first-order valence-corrected chi connectivity index (χ1v) is 7.08. The van der Waals surface area contributed by atoms with Gasteiger partial charge in [0.2, 0.25) is 0 Å². The molecular weight excluding hydrogens is 238 g/mol. The van der Waals surface area contributed by atoms with Gasteiger partial charge in [0.05, 0.1) is 6.61 Å². The molecule has 0 amide bonds. The Bertz CT molecular complexity index is 504. The molecule has 0 saturated heterocycles. The van der Waals surface area contributed by atoms with Crippen molar-refractivity contribution in [1.29, 1.82) is 0 Å². The summed E-state index contributed by atoms with van der Waals surface area (Å²) in [5, 5.41) is 4.62. The predicted molar refractivity (Wildman–Crippen MR) is 78.4 cm³/mol. The van der Waals surface area contributed by atoms with Gasteiger partial charge in [-0.1, -0.05) is 31.5 Å². The van der Waals surface area contributed by atoms with E-state index in [1.54, 1.807) is 0 Å². The van der Waals surface area contributed by atoms with Gasteiger partial charge < -0.3 is 14.5 Å². The first-order chi connectivity index (χ1) is 9.33. The van der Waals surface area contributed by atoms with Gasteiger partial charge in [-0.25, -0.2) is 0 Å². The third-order valence-electron chi connectivity index (χ3n) is 3.27. The molecule has 1 aromatic carbocycles. The fraction of sp³-hybridized carbons (Fsp3) is 0.500. The molecular formula is C16H23NO2. The standard InChI is InChI=1S/C16H23NO2/c1-3-4-10-18-11-9-17-12-15-13(2)19-16-8-6-5-7-14(15)16/h5-8,17H,3-4,9-12H2,1-2H3. The van der Waals surface area contributed by atoms with Gasteiger partial charge in [0.15, 0.2) is 0 Å². The molecule has 3 heteroatoms. The second kappa shape index (κ2) is 7.31. The smallest absolute Gasteiger partial charge is 0.134 e. The second-order valence-electron chi connectivity index (χ2n) is 4.78. The van der Waals surface area contributed by atoms with Crippen molar-refractivity contribution in [2.75, 3.05) is 19.8 Å². The third-order valence-corrected chi connectivity index (χ3v) is 3.27. The minimum absolute atomic E-state index is 0.773. The molecule has 0 atom stereocenters. The first-order valence-electron chi connectivity index (χ1n) is 7.08. The van der Waals surface area contributed by atoms with Crippen molar-refractivity contribution in [2.24, 2.45) is 0 Å². The van der Waals surface area contributed by atoms with E-state index in [9.17, 15) is 0 Å². The third kappa shape index (κ3) is 3.82. The zero-order valence-electron chi connectivity index (χ0n) is 11.9. The summed E-state index contributed by atoms with van der Waals surface area (Å²) in [7, 11) is 0. The van der Waals surface area contributed by atoms with Gasteiger partial charge in [0.1, 0.15) is 11.3 Å². The molecule has 0 bridgehead atoms. The highest BCUT2D eigenvalue weighted by atomic mass is 16.5. The van der Waals surface area contributed by atoms with Crippen LogP contribution in [-0.4, -0.2) is 19.8 Å². The number of aryl methyl sites for hydroxylation is 1. The maximum absolute atomic E-state index is 5.74. The summed E-state index contributed by atoms with van der Waals surface area (Å²) >= 11 is 0. The van der Waals surface area contributed by atoms with Crippen LogP contribution in [0.5, 0.6) is 0 Å². The lowest BCUT2D eigenvalue weighted by Gasteiger charge is -2.05. The van der Waals surface area contributed by atoms with Gasteiger partial charge in [0.25, 0.3) is 0 Å². The van der Waals surface area contributed by atoms with Crippen LogP contribution in [0.3, 0.4) is 0 Å². The number of hydrogen-bond donors (Lipinski definition) is 1. The topological polar surface area (TPSA) is 34.4 Å². The molecule has 104 valence electrons. The molecule has 2 aromatic rings. The molecule has 0 spiro atoms. The molecule has 0 saturated carbocycles. The summed E-state index contributed by atoms with van der Waals surface area (Å²) in [6, 6.07) is 8.18. The van der Waals surface area contributed by atoms with Crippen molar-refractivity contribution in [3.63, 3.8) is 0 Å². The van der Waals surface area contributed by atoms with E-state index in [1.165, 1.54) is 17.4 Å². The number of nitrogens with one attached hydrogen (secondary N) is 1. The number of para-hydroxylation sites is 1. The molecule has 1 heterocycles. The summed E-state index contributed by atoms with van der Waals surface area (Å²) in [5.41, 5.74) is 2.22. The molecule has 1 N–H and O–H groups in total. The van der Waals surface area contributed by atoms with E-state index in [-0.39, 0.29) is 0 Å². The van der Waals surface area contributed by atoms with Crippen LogP contribution in [0.25, 0.3) is 11.0 Å². The van der Waals surface area contributed by atoms with Gasteiger partial charge >= 0.3 is 0 Å². The average Bonchev–Trinajstić information content (AvgIpc) is 2.74. The fourth-order valence-corrected chi connectivity index (χ4v) is 2.15. The lowest BCUT2D eigenvalue weighted by molar-refractivity contribution is 0.133. The molecule has 0 aliphatic carbocycles. The number of unbranched alkanes of at least 4 members (excludes halogenated alkanes) is 1. The van der Waals surface area contributed by atoms with Crippen LogP contribution in [0.4, 0.5) is 0 Å². The maximum Gasteiger partial charge on any atom is 0.134 e. The number of benzene rings is 1. The van der Waals surface area contributed by atoms with Gasteiger partial charge in [-0.2, -0.15) is 0 Å². The lowest BCUT2D eigenvalue weighted by Crippen LogP contribution is -2.19. The minimum Gasteiger partial charge on any atom is -0.461 e. The van der Waals surface area contributed by atoms with E-state index < -0.39 is 0 Å². The fourth-order valence-electron chi connectivity index (χ4n) is 2.15. The van der Waals surface area contributed by atoms with Crippen LogP contribution in [0.1, 0.15) is 31.1 Å². The van der Waals surface area contributed by atoms with Crippen molar-refractivity contribution in [1.82, 2.24) is 5.32 Å². The van der Waals surface area contributed by atoms with E-state index in [0.29, 0.717) is 0 Å². The Hall–Kier alpha value is -1.32. The molecule has 1 aromatic heterocycles. The van der Waals surface area contributed by atoms with Gasteiger partial charge in [-0.15, -0.1) is 0 Å². The van der Waals surface area contributed by atoms with Crippen LogP contribution in [0.2, 0.25) is 0 Å². The van der Waals surface area contributed by atoms with E-state index in [0.717, 1.165) is 44.1 Å². The molecule has 0 fully saturated rings. The minimum atomic E-state index is 0.773. The Morgan fingerprint density at radius 2 is 2.05 bits per heavy atom. The summed E-state index contributed by atoms with van der Waals surface area (Å²) in [5.74, 6) is 1.00. The largest absolute Gasteiger partial charge is 0.461 e. The lowest BCUT2D eigenvalue weighted by atomic mass is 10.1. The van der Waals surface area contributed by atoms with Crippen LogP contribution in [0.15, 0.2) is 28.7 Å². The highest BCUT2D eigenvalue weighted by Crippen LogP contribution is 2.24. The molecule has 0 aliphatic heterocycles. The molecule has 19 heavy (non-hydrogen) atoms. The van der Waals surface area contributed by atoms with Gasteiger partial charge in [0, 0.05) is 30.6 Å². The Morgan fingerprint density at radius 3 is 2.89 bits per heavy atom. The van der Waals surface area contributed by atoms with Crippen molar-refractivity contribution < 1.29 is 9.15 Å². The number of fused-ring (bicyclic) bond motifs is 1. The number of furan rings is 1. The van der Waals surface area contributed by atoms with Gasteiger partial charge in [-0.3, -0.25) is 0 Å². The zero-order chi connectivity index (χ0) is 13.5. The number of rotatable bonds is 8. The predicted octanol–water partition coefficient (Wildman–Crippen LogP) is 3.65. The normalized spacial score (nSPS) is 11.3. The number of ether oxygens (including phenoxy) is 1.